The van der Waals surface area contributed by atoms with Crippen molar-refractivity contribution in [1.29, 1.82) is 0 Å². The van der Waals surface area contributed by atoms with Gasteiger partial charge < -0.3 is 0 Å². The first-order valence-corrected chi connectivity index (χ1v) is 19.3. The van der Waals surface area contributed by atoms with Gasteiger partial charge in [-0.1, -0.05) is 194 Å². The van der Waals surface area contributed by atoms with Crippen LogP contribution in [-0.4, -0.2) is 9.55 Å². The molecule has 0 saturated carbocycles. The van der Waals surface area contributed by atoms with Crippen molar-refractivity contribution >= 4 is 21.8 Å². The van der Waals surface area contributed by atoms with E-state index in [1.807, 2.05) is 0 Å². The van der Waals surface area contributed by atoms with Crippen LogP contribution in [0.2, 0.25) is 0 Å². The Balaban J connectivity index is 1.28. The van der Waals surface area contributed by atoms with E-state index in [9.17, 15) is 0 Å². The van der Waals surface area contributed by atoms with Crippen molar-refractivity contribution in [2.75, 3.05) is 0 Å². The lowest BCUT2D eigenvalue weighted by Crippen LogP contribution is -2.29. The lowest BCUT2D eigenvalue weighted by atomic mass is 9.67. The average Bonchev–Trinajstić information content (AvgIpc) is 3.79. The summed E-state index contributed by atoms with van der Waals surface area (Å²) in [5.74, 6) is 0.886. The van der Waals surface area contributed by atoms with Crippen molar-refractivity contribution in [2.45, 2.75) is 5.41 Å². The van der Waals surface area contributed by atoms with Gasteiger partial charge in [0.05, 0.1) is 22.1 Å². The number of benzene rings is 8. The summed E-state index contributed by atoms with van der Waals surface area (Å²) in [5, 5.41) is 2.42. The van der Waals surface area contributed by atoms with Gasteiger partial charge in [0.1, 0.15) is 5.82 Å². The van der Waals surface area contributed by atoms with Crippen LogP contribution >= 0.6 is 0 Å². The molecule has 11 rings (SSSR count). The molecule has 0 unspecified atom stereocenters. The Bertz CT molecular complexity index is 3010. The first kappa shape index (κ1) is 32.2. The van der Waals surface area contributed by atoms with Crippen LogP contribution in [0.5, 0.6) is 0 Å². The number of aromatic nitrogens is 2. The average molecular weight is 713 g/mol. The molecule has 2 aromatic heterocycles. The number of rotatable bonds is 6. The highest BCUT2D eigenvalue weighted by atomic mass is 15.1. The van der Waals surface area contributed by atoms with E-state index >= 15 is 0 Å². The zero-order valence-electron chi connectivity index (χ0n) is 30.7. The minimum absolute atomic E-state index is 0.579. The molecule has 0 saturated heterocycles. The molecule has 56 heavy (non-hydrogen) atoms. The minimum Gasteiger partial charge on any atom is -0.293 e. The summed E-state index contributed by atoms with van der Waals surface area (Å²) in [6.45, 7) is 0. The van der Waals surface area contributed by atoms with Crippen LogP contribution in [0, 0.1) is 0 Å². The van der Waals surface area contributed by atoms with E-state index in [0.29, 0.717) is 0 Å². The number of hydrogen-bond acceptors (Lipinski definition) is 1. The molecule has 1 aliphatic carbocycles. The summed E-state index contributed by atoms with van der Waals surface area (Å²) in [5.41, 5.74) is 15.9. The summed E-state index contributed by atoms with van der Waals surface area (Å²) in [6, 6.07) is 79.3. The Morgan fingerprint density at radius 1 is 0.375 bits per heavy atom. The fraction of sp³-hybridized carbons (Fsp3) is 0.0185. The van der Waals surface area contributed by atoms with Crippen molar-refractivity contribution < 1.29 is 0 Å². The van der Waals surface area contributed by atoms with Crippen LogP contribution in [0.3, 0.4) is 0 Å². The molecule has 2 nitrogen and oxygen atoms in total. The van der Waals surface area contributed by atoms with Crippen LogP contribution in [0.4, 0.5) is 0 Å². The first-order chi connectivity index (χ1) is 27.8. The molecule has 2 heteroatoms. The molecule has 8 aromatic carbocycles. The van der Waals surface area contributed by atoms with Crippen LogP contribution in [0.25, 0.3) is 72.3 Å². The zero-order valence-corrected chi connectivity index (χ0v) is 30.7. The molecular weight excluding hydrogens is 677 g/mol. The van der Waals surface area contributed by atoms with Gasteiger partial charge in [-0.3, -0.25) is 4.57 Å². The maximum Gasteiger partial charge on any atom is 0.138 e. The monoisotopic (exact) mass is 712 g/mol. The molecule has 2 heterocycles. The Labute approximate surface area is 326 Å². The maximum atomic E-state index is 5.64. The van der Waals surface area contributed by atoms with E-state index in [2.05, 4.69) is 223 Å². The minimum atomic E-state index is -0.579. The molecular formula is C54H36N2. The fourth-order valence-electron chi connectivity index (χ4n) is 9.29. The SMILES string of the molecule is c1ccc(-c2cccc(-c3cc(-c4ccccc4)cc(-n4c5ccccc5c5ccc6c(c54)C(c4ccccc4)(c4ccccc4)c4ccccc4-6)n3)c2)cc1. The highest BCUT2D eigenvalue weighted by Crippen LogP contribution is 2.59. The first-order valence-electron chi connectivity index (χ1n) is 19.3. The predicted octanol–water partition coefficient (Wildman–Crippen LogP) is 13.5. The quantitative estimate of drug-likeness (QED) is 0.168. The van der Waals surface area contributed by atoms with Crippen LogP contribution in [0.1, 0.15) is 22.3 Å². The summed E-state index contributed by atoms with van der Waals surface area (Å²) in [6.07, 6.45) is 0. The third-order valence-electron chi connectivity index (χ3n) is 11.7. The Morgan fingerprint density at radius 3 is 1.66 bits per heavy atom. The third-order valence-corrected chi connectivity index (χ3v) is 11.7. The van der Waals surface area contributed by atoms with E-state index in [-0.39, 0.29) is 0 Å². The van der Waals surface area contributed by atoms with Crippen molar-refractivity contribution in [3.8, 4) is 50.5 Å². The van der Waals surface area contributed by atoms with Crippen molar-refractivity contribution in [3.63, 3.8) is 0 Å². The van der Waals surface area contributed by atoms with Gasteiger partial charge in [-0.15, -0.1) is 0 Å². The van der Waals surface area contributed by atoms with Gasteiger partial charge >= 0.3 is 0 Å². The van der Waals surface area contributed by atoms with Crippen molar-refractivity contribution in [1.82, 2.24) is 9.55 Å². The normalized spacial score (nSPS) is 12.8. The van der Waals surface area contributed by atoms with Gasteiger partial charge in [0.25, 0.3) is 0 Å². The van der Waals surface area contributed by atoms with Crippen LogP contribution in [0.15, 0.2) is 218 Å². The Hall–Kier alpha value is -7.29. The Morgan fingerprint density at radius 2 is 0.946 bits per heavy atom. The molecule has 0 fully saturated rings. The van der Waals surface area contributed by atoms with Gasteiger partial charge in [-0.2, -0.15) is 0 Å². The van der Waals surface area contributed by atoms with Gasteiger partial charge in [-0.05, 0) is 74.3 Å². The molecule has 0 bridgehead atoms. The molecule has 0 N–H and O–H groups in total. The number of hydrogen-bond donors (Lipinski definition) is 0. The second kappa shape index (κ2) is 12.9. The number of para-hydroxylation sites is 1. The summed E-state index contributed by atoms with van der Waals surface area (Å²) in [4.78, 5) is 5.64. The topological polar surface area (TPSA) is 17.8 Å². The largest absolute Gasteiger partial charge is 0.293 e. The molecule has 1 aliphatic rings. The molecule has 0 aliphatic heterocycles. The van der Waals surface area contributed by atoms with Gasteiger partial charge in [0, 0.05) is 21.9 Å². The Kier molecular flexibility index (Phi) is 7.43. The van der Waals surface area contributed by atoms with Crippen LogP contribution in [-0.2, 0) is 5.41 Å². The smallest absolute Gasteiger partial charge is 0.138 e. The lowest BCUT2D eigenvalue weighted by Gasteiger charge is -2.34. The lowest BCUT2D eigenvalue weighted by molar-refractivity contribution is 0.771. The summed E-state index contributed by atoms with van der Waals surface area (Å²) < 4.78 is 2.45. The molecule has 0 atom stereocenters. The second-order valence-electron chi connectivity index (χ2n) is 14.7. The molecule has 0 spiro atoms. The van der Waals surface area contributed by atoms with Gasteiger partial charge in [-0.25, -0.2) is 4.98 Å². The van der Waals surface area contributed by atoms with E-state index in [4.69, 9.17) is 4.98 Å². The zero-order chi connectivity index (χ0) is 37.1. The summed E-state index contributed by atoms with van der Waals surface area (Å²) in [7, 11) is 0. The van der Waals surface area contributed by atoms with Gasteiger partial charge in [0.2, 0.25) is 0 Å². The highest BCUT2D eigenvalue weighted by molar-refractivity contribution is 6.13. The van der Waals surface area contributed by atoms with Crippen LogP contribution < -0.4 is 0 Å². The number of pyridine rings is 1. The third kappa shape index (κ3) is 4.86. The molecule has 0 radical (unpaired) electrons. The molecule has 10 aromatic rings. The summed E-state index contributed by atoms with van der Waals surface area (Å²) >= 11 is 0. The van der Waals surface area contributed by atoms with E-state index < -0.39 is 5.41 Å². The number of fused-ring (bicyclic) bond motifs is 7. The van der Waals surface area contributed by atoms with Crippen molar-refractivity contribution in [2.24, 2.45) is 0 Å². The molecule has 0 amide bonds. The maximum absolute atomic E-state index is 5.64. The number of nitrogens with zero attached hydrogens (tertiary/aromatic N) is 2. The fourth-order valence-corrected chi connectivity index (χ4v) is 9.29. The highest BCUT2D eigenvalue weighted by Gasteiger charge is 2.48. The van der Waals surface area contributed by atoms with Crippen molar-refractivity contribution in [3.05, 3.63) is 241 Å². The van der Waals surface area contributed by atoms with E-state index in [0.717, 1.165) is 33.7 Å². The predicted molar refractivity (Wildman–Crippen MR) is 232 cm³/mol. The standard InChI is InChI=1S/C54H36N2/c1-5-18-37(19-6-1)39-22-17-23-40(34-39)49-35-41(38-20-7-2-8-21-38)36-51(55-49)56-50-31-16-14-29-45(50)47-33-32-46-44-28-13-15-30-48(44)54(52(46)53(47)56,42-24-9-3-10-25-42)43-26-11-4-12-27-43/h1-36H. The molecule has 262 valence electrons. The van der Waals surface area contributed by atoms with E-state index in [1.165, 1.54) is 60.8 Å². The second-order valence-corrected chi connectivity index (χ2v) is 14.7. The van der Waals surface area contributed by atoms with E-state index in [1.54, 1.807) is 0 Å². The van der Waals surface area contributed by atoms with Gasteiger partial charge in [0.15, 0.2) is 0 Å².